The van der Waals surface area contributed by atoms with Crippen LogP contribution < -0.4 is 10.1 Å². The van der Waals surface area contributed by atoms with Crippen LogP contribution in [0.25, 0.3) is 23.0 Å². The first-order valence-electron chi connectivity index (χ1n) is 10.0. The molecule has 0 aliphatic carbocycles. The van der Waals surface area contributed by atoms with Gasteiger partial charge in [-0.2, -0.15) is 10.4 Å². The highest BCUT2D eigenvalue weighted by molar-refractivity contribution is 6.02. The van der Waals surface area contributed by atoms with Crippen LogP contribution >= 0.6 is 0 Å². The minimum atomic E-state index is -0.262. The molecule has 0 saturated carbocycles. The van der Waals surface area contributed by atoms with Gasteiger partial charge in [-0.25, -0.2) is 4.68 Å². The van der Waals surface area contributed by atoms with Crippen molar-refractivity contribution in [2.75, 3.05) is 11.9 Å². The van der Waals surface area contributed by atoms with Crippen molar-refractivity contribution in [3.63, 3.8) is 0 Å². The van der Waals surface area contributed by atoms with Gasteiger partial charge in [0.15, 0.2) is 6.61 Å². The average molecular weight is 420 g/mol. The first-order valence-corrected chi connectivity index (χ1v) is 10.0. The summed E-state index contributed by atoms with van der Waals surface area (Å²) >= 11 is 0. The van der Waals surface area contributed by atoms with Crippen molar-refractivity contribution in [3.05, 3.63) is 103 Å². The Morgan fingerprint density at radius 2 is 1.69 bits per heavy atom. The Hall–Kier alpha value is -4.63. The van der Waals surface area contributed by atoms with Gasteiger partial charge in [-0.1, -0.05) is 48.5 Å². The second kappa shape index (κ2) is 9.92. The standard InChI is InChI=1S/C26H20N4O2/c27-17-18-32-24-14-12-22(13-15-24)28-25(31)16-11-21-19-30(23-9-5-2-6-10-23)29-26(21)20-7-3-1-4-8-20/h1-16,19H,18H2,(H,28,31)/b16-11+. The monoisotopic (exact) mass is 420 g/mol. The van der Waals surface area contributed by atoms with Crippen molar-refractivity contribution < 1.29 is 9.53 Å². The fourth-order valence-corrected chi connectivity index (χ4v) is 3.14. The molecule has 1 heterocycles. The largest absolute Gasteiger partial charge is 0.479 e. The van der Waals surface area contributed by atoms with E-state index >= 15 is 0 Å². The van der Waals surface area contributed by atoms with E-state index in [9.17, 15) is 4.79 Å². The molecule has 0 aliphatic heterocycles. The zero-order valence-electron chi connectivity index (χ0n) is 17.2. The van der Waals surface area contributed by atoms with Gasteiger partial charge in [0.05, 0.1) is 11.4 Å². The number of para-hydroxylation sites is 1. The van der Waals surface area contributed by atoms with Crippen molar-refractivity contribution in [3.8, 4) is 28.8 Å². The summed E-state index contributed by atoms with van der Waals surface area (Å²) < 4.78 is 7.02. The maximum atomic E-state index is 12.5. The van der Waals surface area contributed by atoms with E-state index in [0.717, 1.165) is 22.5 Å². The minimum Gasteiger partial charge on any atom is -0.479 e. The first kappa shape index (κ1) is 20.6. The molecule has 0 spiro atoms. The van der Waals surface area contributed by atoms with Crippen LogP contribution in [-0.4, -0.2) is 22.3 Å². The number of aromatic nitrogens is 2. The van der Waals surface area contributed by atoms with E-state index in [1.165, 1.54) is 6.08 Å². The smallest absolute Gasteiger partial charge is 0.248 e. The molecule has 1 N–H and O–H groups in total. The SMILES string of the molecule is N#CCOc1ccc(NC(=O)/C=C/c2cn(-c3ccccc3)nc2-c2ccccc2)cc1. The molecule has 32 heavy (non-hydrogen) atoms. The van der Waals surface area contributed by atoms with E-state index in [2.05, 4.69) is 5.32 Å². The van der Waals surface area contributed by atoms with Crippen LogP contribution in [0.5, 0.6) is 5.75 Å². The molecule has 1 amide bonds. The number of anilines is 1. The lowest BCUT2D eigenvalue weighted by Crippen LogP contribution is -2.07. The molecule has 0 saturated heterocycles. The van der Waals surface area contributed by atoms with Crippen molar-refractivity contribution in [2.45, 2.75) is 0 Å². The second-order valence-corrected chi connectivity index (χ2v) is 6.87. The topological polar surface area (TPSA) is 79.9 Å². The van der Waals surface area contributed by atoms with Gasteiger partial charge in [0.2, 0.25) is 5.91 Å². The Morgan fingerprint density at radius 3 is 2.38 bits per heavy atom. The zero-order valence-corrected chi connectivity index (χ0v) is 17.2. The number of carbonyl (C=O) groups is 1. The van der Waals surface area contributed by atoms with Crippen molar-refractivity contribution >= 4 is 17.7 Å². The third-order valence-corrected chi connectivity index (χ3v) is 4.65. The Morgan fingerprint density at radius 1 is 1.00 bits per heavy atom. The van der Waals surface area contributed by atoms with E-state index < -0.39 is 0 Å². The summed E-state index contributed by atoms with van der Waals surface area (Å²) in [6.07, 6.45) is 5.15. The first-order chi connectivity index (χ1) is 15.7. The van der Waals surface area contributed by atoms with E-state index in [0.29, 0.717) is 11.4 Å². The van der Waals surface area contributed by atoms with Gasteiger partial charge in [0.25, 0.3) is 0 Å². The van der Waals surface area contributed by atoms with Crippen LogP contribution in [0, 0.1) is 11.3 Å². The van der Waals surface area contributed by atoms with Gasteiger partial charge in [-0.3, -0.25) is 4.79 Å². The summed E-state index contributed by atoms with van der Waals surface area (Å²) in [6, 6.07) is 28.5. The summed E-state index contributed by atoms with van der Waals surface area (Å²) in [5.41, 5.74) is 4.16. The van der Waals surface area contributed by atoms with Gasteiger partial charge in [-0.15, -0.1) is 0 Å². The van der Waals surface area contributed by atoms with Gasteiger partial charge in [0, 0.05) is 29.1 Å². The molecule has 6 nitrogen and oxygen atoms in total. The molecule has 4 rings (SSSR count). The number of ether oxygens (including phenoxy) is 1. The molecular weight excluding hydrogens is 400 g/mol. The summed E-state index contributed by atoms with van der Waals surface area (Å²) in [5, 5.41) is 16.1. The highest BCUT2D eigenvalue weighted by atomic mass is 16.5. The molecule has 156 valence electrons. The lowest BCUT2D eigenvalue weighted by molar-refractivity contribution is -0.111. The van der Waals surface area contributed by atoms with Crippen molar-refractivity contribution in [2.24, 2.45) is 0 Å². The van der Waals surface area contributed by atoms with Crippen LogP contribution in [0.2, 0.25) is 0 Å². The molecule has 0 fully saturated rings. The fourth-order valence-electron chi connectivity index (χ4n) is 3.14. The quantitative estimate of drug-likeness (QED) is 0.422. The summed E-state index contributed by atoms with van der Waals surface area (Å²) in [4.78, 5) is 12.5. The van der Waals surface area contributed by atoms with Crippen LogP contribution in [0.1, 0.15) is 5.56 Å². The predicted octanol–water partition coefficient (Wildman–Crippen LogP) is 5.09. The Kier molecular flexibility index (Phi) is 6.39. The van der Waals surface area contributed by atoms with E-state index in [1.807, 2.05) is 72.9 Å². The van der Waals surface area contributed by atoms with E-state index in [1.54, 1.807) is 35.0 Å². The number of hydrogen-bond acceptors (Lipinski definition) is 4. The number of nitrogens with one attached hydrogen (secondary N) is 1. The van der Waals surface area contributed by atoms with Gasteiger partial charge in [0.1, 0.15) is 11.8 Å². The normalized spacial score (nSPS) is 10.6. The maximum Gasteiger partial charge on any atom is 0.248 e. The maximum absolute atomic E-state index is 12.5. The van der Waals surface area contributed by atoms with E-state index in [4.69, 9.17) is 15.1 Å². The van der Waals surface area contributed by atoms with Gasteiger partial charge >= 0.3 is 0 Å². The Bertz CT molecular complexity index is 1250. The van der Waals surface area contributed by atoms with Crippen molar-refractivity contribution in [1.82, 2.24) is 9.78 Å². The molecule has 4 aromatic rings. The highest BCUT2D eigenvalue weighted by Gasteiger charge is 2.10. The van der Waals surface area contributed by atoms with Crippen LogP contribution in [0.3, 0.4) is 0 Å². The van der Waals surface area contributed by atoms with Crippen LogP contribution in [-0.2, 0) is 4.79 Å². The Balaban J connectivity index is 1.54. The number of amides is 1. The molecule has 0 radical (unpaired) electrons. The number of nitrogens with zero attached hydrogens (tertiary/aromatic N) is 3. The highest BCUT2D eigenvalue weighted by Crippen LogP contribution is 2.25. The van der Waals surface area contributed by atoms with Crippen LogP contribution in [0.4, 0.5) is 5.69 Å². The number of nitriles is 1. The molecule has 0 unspecified atom stereocenters. The number of hydrogen-bond donors (Lipinski definition) is 1. The molecule has 0 bridgehead atoms. The van der Waals surface area contributed by atoms with Crippen LogP contribution in [0.15, 0.2) is 97.2 Å². The fraction of sp³-hybridized carbons (Fsp3) is 0.0385. The number of benzene rings is 3. The molecular formula is C26H20N4O2. The molecule has 0 aliphatic rings. The van der Waals surface area contributed by atoms with Gasteiger partial charge in [-0.05, 0) is 42.5 Å². The predicted molar refractivity (Wildman–Crippen MR) is 124 cm³/mol. The molecule has 1 aromatic heterocycles. The second-order valence-electron chi connectivity index (χ2n) is 6.87. The van der Waals surface area contributed by atoms with Gasteiger partial charge < -0.3 is 10.1 Å². The number of rotatable bonds is 7. The lowest BCUT2D eigenvalue weighted by atomic mass is 10.1. The molecule has 0 atom stereocenters. The summed E-state index contributed by atoms with van der Waals surface area (Å²) in [6.45, 7) is -0.0190. The minimum absolute atomic E-state index is 0.0190. The van der Waals surface area contributed by atoms with E-state index in [-0.39, 0.29) is 12.5 Å². The summed E-state index contributed by atoms with van der Waals surface area (Å²) in [7, 11) is 0. The zero-order chi connectivity index (χ0) is 22.2. The lowest BCUT2D eigenvalue weighted by Gasteiger charge is -2.04. The third kappa shape index (κ3) is 5.10. The molecule has 3 aromatic carbocycles. The third-order valence-electron chi connectivity index (χ3n) is 4.65. The van der Waals surface area contributed by atoms with Crippen molar-refractivity contribution in [1.29, 1.82) is 5.26 Å². The Labute approximate surface area is 186 Å². The molecule has 6 heteroatoms. The average Bonchev–Trinajstić information content (AvgIpc) is 3.28. The summed E-state index contributed by atoms with van der Waals surface area (Å²) in [5.74, 6) is 0.308. The number of carbonyl (C=O) groups excluding carboxylic acids is 1.